The largest absolute Gasteiger partial charge is 0.365 e. The first-order valence-electron chi connectivity index (χ1n) is 4.28. The smallest absolute Gasteiger partial charge is 0.0226 e. The summed E-state index contributed by atoms with van der Waals surface area (Å²) in [5.41, 5.74) is 2.87. The van der Waals surface area contributed by atoms with Crippen molar-refractivity contribution in [2.75, 3.05) is 0 Å². The average molecular weight is 150 g/mol. The van der Waals surface area contributed by atoms with Crippen LogP contribution in [0.4, 0.5) is 0 Å². The van der Waals surface area contributed by atoms with Crippen LogP contribution in [0.25, 0.3) is 0 Å². The van der Waals surface area contributed by atoms with Gasteiger partial charge in [0.1, 0.15) is 0 Å². The van der Waals surface area contributed by atoms with E-state index >= 15 is 0 Å². The number of aromatic nitrogens is 1. The summed E-state index contributed by atoms with van der Waals surface area (Å²) in [7, 11) is 0. The molecule has 0 fully saturated rings. The molecule has 1 aliphatic rings. The molecule has 0 unspecified atom stereocenters. The van der Waals surface area contributed by atoms with Crippen molar-refractivity contribution in [3.05, 3.63) is 23.5 Å². The number of nitrogens with one attached hydrogen (secondary N) is 2. The van der Waals surface area contributed by atoms with E-state index in [1.165, 1.54) is 24.1 Å². The highest BCUT2D eigenvalue weighted by Crippen LogP contribution is 2.15. The minimum atomic E-state index is 0.682. The number of H-pyrrole nitrogens is 1. The summed E-state index contributed by atoms with van der Waals surface area (Å²) in [5, 5.41) is 3.49. The molecule has 0 aliphatic carbocycles. The summed E-state index contributed by atoms with van der Waals surface area (Å²) in [6.07, 6.45) is 4.42. The van der Waals surface area contributed by atoms with Crippen LogP contribution in [0.15, 0.2) is 12.3 Å². The van der Waals surface area contributed by atoms with E-state index in [9.17, 15) is 0 Å². The zero-order valence-corrected chi connectivity index (χ0v) is 6.85. The van der Waals surface area contributed by atoms with E-state index in [2.05, 4.69) is 23.3 Å². The quantitative estimate of drug-likeness (QED) is 0.623. The van der Waals surface area contributed by atoms with Gasteiger partial charge in [0, 0.05) is 30.9 Å². The van der Waals surface area contributed by atoms with Crippen LogP contribution in [0.1, 0.15) is 24.6 Å². The molecule has 2 heteroatoms. The molecular formula is C9H14N2. The van der Waals surface area contributed by atoms with E-state index in [0.29, 0.717) is 6.04 Å². The van der Waals surface area contributed by atoms with E-state index in [0.717, 1.165) is 6.54 Å². The van der Waals surface area contributed by atoms with Gasteiger partial charge >= 0.3 is 0 Å². The van der Waals surface area contributed by atoms with Gasteiger partial charge in [-0.3, -0.25) is 0 Å². The third-order valence-electron chi connectivity index (χ3n) is 2.45. The van der Waals surface area contributed by atoms with E-state index in [1.807, 2.05) is 6.20 Å². The zero-order chi connectivity index (χ0) is 7.68. The molecule has 1 aromatic rings. The molecule has 2 rings (SSSR count). The summed E-state index contributed by atoms with van der Waals surface area (Å²) in [6.45, 7) is 3.27. The molecule has 0 aromatic carbocycles. The van der Waals surface area contributed by atoms with Gasteiger partial charge in [-0.2, -0.15) is 0 Å². The maximum absolute atomic E-state index is 3.49. The van der Waals surface area contributed by atoms with Gasteiger partial charge in [-0.1, -0.05) is 6.92 Å². The van der Waals surface area contributed by atoms with Gasteiger partial charge in [0.25, 0.3) is 0 Å². The molecule has 2 nitrogen and oxygen atoms in total. The molecule has 0 saturated carbocycles. The van der Waals surface area contributed by atoms with Crippen LogP contribution in [-0.4, -0.2) is 11.0 Å². The van der Waals surface area contributed by atoms with Crippen LogP contribution >= 0.6 is 0 Å². The SMILES string of the molecule is CC[C@@H]1Cc2[nH]ccc2CN1. The van der Waals surface area contributed by atoms with E-state index in [-0.39, 0.29) is 0 Å². The van der Waals surface area contributed by atoms with Gasteiger partial charge in [0.05, 0.1) is 0 Å². The monoisotopic (exact) mass is 150 g/mol. The molecule has 2 heterocycles. The predicted molar refractivity (Wildman–Crippen MR) is 45.4 cm³/mol. The van der Waals surface area contributed by atoms with Crippen LogP contribution in [0.3, 0.4) is 0 Å². The Morgan fingerprint density at radius 1 is 1.64 bits per heavy atom. The van der Waals surface area contributed by atoms with Crippen LogP contribution in [0.5, 0.6) is 0 Å². The molecule has 0 spiro atoms. The maximum atomic E-state index is 3.49. The number of aromatic amines is 1. The number of fused-ring (bicyclic) bond motifs is 1. The molecule has 2 N–H and O–H groups in total. The lowest BCUT2D eigenvalue weighted by Crippen LogP contribution is -2.34. The number of rotatable bonds is 1. The van der Waals surface area contributed by atoms with E-state index in [1.54, 1.807) is 0 Å². The lowest BCUT2D eigenvalue weighted by Gasteiger charge is -2.22. The fraction of sp³-hybridized carbons (Fsp3) is 0.556. The maximum Gasteiger partial charge on any atom is 0.0226 e. The van der Waals surface area contributed by atoms with Crippen molar-refractivity contribution in [3.63, 3.8) is 0 Å². The molecule has 1 aliphatic heterocycles. The van der Waals surface area contributed by atoms with Gasteiger partial charge in [0.15, 0.2) is 0 Å². The molecule has 0 bridgehead atoms. The fourth-order valence-corrected chi connectivity index (χ4v) is 1.65. The van der Waals surface area contributed by atoms with Crippen molar-refractivity contribution in [2.45, 2.75) is 32.4 Å². The summed E-state index contributed by atoms with van der Waals surface area (Å²) in [5.74, 6) is 0. The van der Waals surface area contributed by atoms with Crippen molar-refractivity contribution in [1.29, 1.82) is 0 Å². The van der Waals surface area contributed by atoms with Crippen molar-refractivity contribution >= 4 is 0 Å². The number of hydrogen-bond acceptors (Lipinski definition) is 1. The Kier molecular flexibility index (Phi) is 1.70. The van der Waals surface area contributed by atoms with Crippen molar-refractivity contribution < 1.29 is 0 Å². The standard InChI is InChI=1S/C9H14N2/c1-2-8-5-9-7(6-11-8)3-4-10-9/h3-4,8,10-11H,2,5-6H2,1H3/t8-/m1/s1. The Hall–Kier alpha value is -0.760. The summed E-state index contributed by atoms with van der Waals surface area (Å²) in [6, 6.07) is 2.84. The third kappa shape index (κ3) is 1.18. The molecule has 0 saturated heterocycles. The molecular weight excluding hydrogens is 136 g/mol. The van der Waals surface area contributed by atoms with Crippen molar-refractivity contribution in [3.8, 4) is 0 Å². The molecule has 0 amide bonds. The molecule has 1 aromatic heterocycles. The zero-order valence-electron chi connectivity index (χ0n) is 6.85. The Balaban J connectivity index is 2.18. The van der Waals surface area contributed by atoms with Gasteiger partial charge in [-0.25, -0.2) is 0 Å². The average Bonchev–Trinajstić information content (AvgIpc) is 2.50. The van der Waals surface area contributed by atoms with Crippen LogP contribution in [-0.2, 0) is 13.0 Å². The van der Waals surface area contributed by atoms with Crippen LogP contribution in [0, 0.1) is 0 Å². The molecule has 0 radical (unpaired) electrons. The van der Waals surface area contributed by atoms with Crippen molar-refractivity contribution in [2.24, 2.45) is 0 Å². The van der Waals surface area contributed by atoms with Gasteiger partial charge in [-0.15, -0.1) is 0 Å². The predicted octanol–water partition coefficient (Wildman–Crippen LogP) is 1.44. The van der Waals surface area contributed by atoms with E-state index < -0.39 is 0 Å². The first-order valence-corrected chi connectivity index (χ1v) is 4.28. The second kappa shape index (κ2) is 2.70. The van der Waals surface area contributed by atoms with Gasteiger partial charge < -0.3 is 10.3 Å². The van der Waals surface area contributed by atoms with Crippen molar-refractivity contribution in [1.82, 2.24) is 10.3 Å². The fourth-order valence-electron chi connectivity index (χ4n) is 1.65. The minimum absolute atomic E-state index is 0.682. The highest BCUT2D eigenvalue weighted by atomic mass is 14.9. The third-order valence-corrected chi connectivity index (χ3v) is 2.45. The van der Waals surface area contributed by atoms with Gasteiger partial charge in [-0.05, 0) is 18.1 Å². The Morgan fingerprint density at radius 3 is 3.36 bits per heavy atom. The highest BCUT2D eigenvalue weighted by Gasteiger charge is 2.16. The second-order valence-electron chi connectivity index (χ2n) is 3.17. The summed E-state index contributed by atoms with van der Waals surface area (Å²) < 4.78 is 0. The van der Waals surface area contributed by atoms with Gasteiger partial charge in [0.2, 0.25) is 0 Å². The topological polar surface area (TPSA) is 27.8 Å². The summed E-state index contributed by atoms with van der Waals surface area (Å²) in [4.78, 5) is 3.28. The van der Waals surface area contributed by atoms with E-state index in [4.69, 9.17) is 0 Å². The molecule has 60 valence electrons. The first kappa shape index (κ1) is 6.92. The van der Waals surface area contributed by atoms with Crippen LogP contribution in [0.2, 0.25) is 0 Å². The Morgan fingerprint density at radius 2 is 2.55 bits per heavy atom. The Labute approximate surface area is 67.0 Å². The second-order valence-corrected chi connectivity index (χ2v) is 3.17. The summed E-state index contributed by atoms with van der Waals surface area (Å²) >= 11 is 0. The molecule has 1 atom stereocenters. The molecule has 11 heavy (non-hydrogen) atoms. The first-order chi connectivity index (χ1) is 5.40. The lowest BCUT2D eigenvalue weighted by molar-refractivity contribution is 0.464. The normalized spacial score (nSPS) is 23.2. The lowest BCUT2D eigenvalue weighted by atomic mass is 10.0. The minimum Gasteiger partial charge on any atom is -0.365 e. The Bertz CT molecular complexity index is 239. The highest BCUT2D eigenvalue weighted by molar-refractivity contribution is 5.23. The number of hydrogen-bond donors (Lipinski definition) is 2. The van der Waals surface area contributed by atoms with Crippen LogP contribution < -0.4 is 5.32 Å².